The van der Waals surface area contributed by atoms with Crippen molar-refractivity contribution in [3.8, 4) is 0 Å². The number of nitrogens with one attached hydrogen (secondary N) is 1. The van der Waals surface area contributed by atoms with Gasteiger partial charge in [0.15, 0.2) is 0 Å². The molecule has 0 aliphatic heterocycles. The topological polar surface area (TPSA) is 89.3 Å². The third-order valence-corrected chi connectivity index (χ3v) is 6.74. The molecule has 1 aromatic heterocycles. The summed E-state index contributed by atoms with van der Waals surface area (Å²) in [7, 11) is -3.70. The van der Waals surface area contributed by atoms with Crippen molar-refractivity contribution in [3.63, 3.8) is 0 Å². The number of rotatable bonds is 4. The van der Waals surface area contributed by atoms with Gasteiger partial charge in [-0.25, -0.2) is 8.42 Å². The number of sulfonamides is 1. The summed E-state index contributed by atoms with van der Waals surface area (Å²) in [5.41, 5.74) is 1.56. The van der Waals surface area contributed by atoms with Gasteiger partial charge in [0.05, 0.1) is 14.4 Å². The van der Waals surface area contributed by atoms with Crippen LogP contribution in [0.25, 0.3) is 0 Å². The Hall–Kier alpha value is -1.45. The number of non-ortho nitro benzene ring substituents is 1. The number of nitro groups is 1. The maximum atomic E-state index is 12.3. The second kappa shape index (κ2) is 5.74. The van der Waals surface area contributed by atoms with Gasteiger partial charge in [0.1, 0.15) is 4.21 Å². The van der Waals surface area contributed by atoms with Crippen LogP contribution in [0.1, 0.15) is 11.1 Å². The van der Waals surface area contributed by atoms with Crippen LogP contribution in [-0.2, 0) is 10.0 Å². The molecule has 0 radical (unpaired) electrons. The number of benzene rings is 1. The van der Waals surface area contributed by atoms with Crippen molar-refractivity contribution >= 4 is 48.7 Å². The van der Waals surface area contributed by atoms with Crippen molar-refractivity contribution in [2.24, 2.45) is 0 Å². The van der Waals surface area contributed by atoms with Crippen LogP contribution in [0, 0.1) is 24.0 Å². The Morgan fingerprint density at radius 3 is 2.38 bits per heavy atom. The lowest BCUT2D eigenvalue weighted by Gasteiger charge is -2.08. The molecule has 1 heterocycles. The summed E-state index contributed by atoms with van der Waals surface area (Å²) in [5, 5.41) is 10.7. The Kier molecular flexibility index (Phi) is 4.35. The van der Waals surface area contributed by atoms with Gasteiger partial charge in [-0.1, -0.05) is 0 Å². The molecular formula is C12H11BrN2O4S2. The molecule has 0 fully saturated rings. The molecule has 0 saturated heterocycles. The lowest BCUT2D eigenvalue weighted by atomic mass is 10.2. The molecule has 9 heteroatoms. The number of anilines is 1. The minimum absolute atomic E-state index is 0.0786. The average molecular weight is 391 g/mol. The standard InChI is InChI=1S/C12H11BrN2O4S2/c1-7-5-9(15(16)17)3-4-10(7)14-21(18,19)11-6-8(2)12(13)20-11/h3-6,14H,1-2H3. The SMILES string of the molecule is Cc1cc([N+](=O)[O-])ccc1NS(=O)(=O)c1cc(C)c(Br)s1. The number of thiophene rings is 1. The minimum Gasteiger partial charge on any atom is -0.279 e. The van der Waals surface area contributed by atoms with Gasteiger partial charge in [0.25, 0.3) is 15.7 Å². The molecule has 1 aromatic carbocycles. The van der Waals surface area contributed by atoms with Crippen LogP contribution in [0.2, 0.25) is 0 Å². The maximum absolute atomic E-state index is 12.3. The van der Waals surface area contributed by atoms with Crippen molar-refractivity contribution in [1.82, 2.24) is 0 Å². The highest BCUT2D eigenvalue weighted by molar-refractivity contribution is 9.11. The molecule has 6 nitrogen and oxygen atoms in total. The van der Waals surface area contributed by atoms with E-state index >= 15 is 0 Å². The van der Waals surface area contributed by atoms with Crippen molar-refractivity contribution in [3.05, 3.63) is 49.3 Å². The third-order valence-electron chi connectivity index (χ3n) is 2.76. The van der Waals surface area contributed by atoms with E-state index in [1.165, 1.54) is 18.2 Å². The highest BCUT2D eigenvalue weighted by atomic mass is 79.9. The van der Waals surface area contributed by atoms with Crippen LogP contribution in [0.4, 0.5) is 11.4 Å². The summed E-state index contributed by atoms with van der Waals surface area (Å²) in [6.45, 7) is 3.41. The van der Waals surface area contributed by atoms with Gasteiger partial charge in [-0.15, -0.1) is 11.3 Å². The minimum atomic E-state index is -3.70. The van der Waals surface area contributed by atoms with E-state index in [1.54, 1.807) is 19.9 Å². The van der Waals surface area contributed by atoms with E-state index in [-0.39, 0.29) is 9.90 Å². The number of hydrogen-bond donors (Lipinski definition) is 1. The van der Waals surface area contributed by atoms with Gasteiger partial charge >= 0.3 is 0 Å². The van der Waals surface area contributed by atoms with Crippen LogP contribution in [0.3, 0.4) is 0 Å². The Bertz CT molecular complexity index is 795. The Labute approximate surface area is 134 Å². The van der Waals surface area contributed by atoms with E-state index < -0.39 is 14.9 Å². The molecule has 0 amide bonds. The molecule has 112 valence electrons. The number of aryl methyl sites for hydroxylation is 2. The molecule has 0 aliphatic rings. The first-order valence-electron chi connectivity index (χ1n) is 5.74. The lowest BCUT2D eigenvalue weighted by Crippen LogP contribution is -2.12. The smallest absolute Gasteiger partial charge is 0.271 e. The zero-order chi connectivity index (χ0) is 15.8. The van der Waals surface area contributed by atoms with E-state index in [0.29, 0.717) is 11.3 Å². The fraction of sp³-hybridized carbons (Fsp3) is 0.167. The lowest BCUT2D eigenvalue weighted by molar-refractivity contribution is -0.384. The van der Waals surface area contributed by atoms with E-state index in [1.807, 2.05) is 0 Å². The summed E-state index contributed by atoms with van der Waals surface area (Å²) in [5.74, 6) is 0. The number of nitro benzene ring substituents is 1. The van der Waals surface area contributed by atoms with Gasteiger partial charge in [0, 0.05) is 12.1 Å². The van der Waals surface area contributed by atoms with Gasteiger partial charge in [-0.2, -0.15) is 0 Å². The summed E-state index contributed by atoms with van der Waals surface area (Å²) in [6.07, 6.45) is 0. The normalized spacial score (nSPS) is 11.4. The zero-order valence-electron chi connectivity index (χ0n) is 11.1. The molecular weight excluding hydrogens is 380 g/mol. The van der Waals surface area contributed by atoms with E-state index in [2.05, 4.69) is 20.7 Å². The highest BCUT2D eigenvalue weighted by Gasteiger charge is 2.20. The molecule has 2 aromatic rings. The fourth-order valence-electron chi connectivity index (χ4n) is 1.64. The summed E-state index contributed by atoms with van der Waals surface area (Å²) in [6, 6.07) is 5.55. The van der Waals surface area contributed by atoms with Crippen molar-refractivity contribution in [2.45, 2.75) is 18.1 Å². The first-order valence-corrected chi connectivity index (χ1v) is 8.84. The molecule has 0 spiro atoms. The Morgan fingerprint density at radius 1 is 1.24 bits per heavy atom. The highest BCUT2D eigenvalue weighted by Crippen LogP contribution is 2.32. The molecule has 21 heavy (non-hydrogen) atoms. The van der Waals surface area contributed by atoms with Crippen LogP contribution >= 0.6 is 27.3 Å². The number of halogens is 1. The molecule has 0 bridgehead atoms. The predicted octanol–water partition coefficient (Wildman–Crippen LogP) is 3.84. The zero-order valence-corrected chi connectivity index (χ0v) is 14.3. The molecule has 2 rings (SSSR count). The van der Waals surface area contributed by atoms with Crippen LogP contribution in [0.15, 0.2) is 32.3 Å². The molecule has 0 unspecified atom stereocenters. The van der Waals surface area contributed by atoms with Gasteiger partial charge in [0.2, 0.25) is 0 Å². The number of nitrogens with zero attached hydrogens (tertiary/aromatic N) is 1. The quantitative estimate of drug-likeness (QED) is 0.634. The summed E-state index contributed by atoms with van der Waals surface area (Å²) < 4.78 is 28.0. The second-order valence-electron chi connectivity index (χ2n) is 4.38. The Morgan fingerprint density at radius 2 is 1.90 bits per heavy atom. The van der Waals surface area contributed by atoms with Crippen LogP contribution < -0.4 is 4.72 Å². The van der Waals surface area contributed by atoms with Crippen LogP contribution in [-0.4, -0.2) is 13.3 Å². The second-order valence-corrected chi connectivity index (χ2v) is 8.66. The summed E-state index contributed by atoms with van der Waals surface area (Å²) >= 11 is 4.40. The van der Waals surface area contributed by atoms with Crippen molar-refractivity contribution in [2.75, 3.05) is 4.72 Å². The largest absolute Gasteiger partial charge is 0.279 e. The number of hydrogen-bond acceptors (Lipinski definition) is 5. The van der Waals surface area contributed by atoms with E-state index in [4.69, 9.17) is 0 Å². The van der Waals surface area contributed by atoms with Gasteiger partial charge < -0.3 is 0 Å². The fourth-order valence-corrected chi connectivity index (χ4v) is 4.99. The monoisotopic (exact) mass is 390 g/mol. The molecule has 0 saturated carbocycles. The maximum Gasteiger partial charge on any atom is 0.271 e. The summed E-state index contributed by atoms with van der Waals surface area (Å²) in [4.78, 5) is 10.2. The van der Waals surface area contributed by atoms with E-state index in [9.17, 15) is 18.5 Å². The van der Waals surface area contributed by atoms with Gasteiger partial charge in [-0.3, -0.25) is 14.8 Å². The predicted molar refractivity (Wildman–Crippen MR) is 85.4 cm³/mol. The third kappa shape index (κ3) is 3.42. The van der Waals surface area contributed by atoms with Crippen molar-refractivity contribution < 1.29 is 13.3 Å². The van der Waals surface area contributed by atoms with Gasteiger partial charge in [-0.05, 0) is 53.0 Å². The molecule has 0 aliphatic carbocycles. The first-order chi connectivity index (χ1) is 9.70. The first kappa shape index (κ1) is 15.9. The van der Waals surface area contributed by atoms with Crippen molar-refractivity contribution in [1.29, 1.82) is 0 Å². The molecule has 1 N–H and O–H groups in total. The Balaban J connectivity index is 2.35. The average Bonchev–Trinajstić information content (AvgIpc) is 2.72. The van der Waals surface area contributed by atoms with Crippen LogP contribution in [0.5, 0.6) is 0 Å². The molecule has 0 atom stereocenters. The van der Waals surface area contributed by atoms with E-state index in [0.717, 1.165) is 20.7 Å².